The second-order valence-electron chi connectivity index (χ2n) is 7.10. The predicted molar refractivity (Wildman–Crippen MR) is 119 cm³/mol. The van der Waals surface area contributed by atoms with Crippen LogP contribution in [-0.4, -0.2) is 50.1 Å². The minimum atomic E-state index is 0. The molecule has 8 heteroatoms. The smallest absolute Gasteiger partial charge is 0.220 e. The quantitative estimate of drug-likeness (QED) is 0.374. The molecule has 1 aromatic carbocycles. The summed E-state index contributed by atoms with van der Waals surface area (Å²) in [6.07, 6.45) is 2.77. The average Bonchev–Trinajstić information content (AvgIpc) is 2.98. The summed E-state index contributed by atoms with van der Waals surface area (Å²) in [6, 6.07) is 5.58. The topological polar surface area (TPSA) is 66.0 Å². The molecule has 0 bridgehead atoms. The predicted octanol–water partition coefficient (Wildman–Crippen LogP) is 3.03. The molecule has 2 saturated heterocycles. The van der Waals surface area contributed by atoms with E-state index < -0.39 is 0 Å². The number of carbonyl (C=O) groups is 1. The van der Waals surface area contributed by atoms with Gasteiger partial charge in [0.2, 0.25) is 5.91 Å². The Morgan fingerprint density at radius 2 is 2.30 bits per heavy atom. The van der Waals surface area contributed by atoms with Crippen LogP contribution in [0.3, 0.4) is 0 Å². The number of likely N-dealkylation sites (tertiary alicyclic amines) is 1. The maximum Gasteiger partial charge on any atom is 0.220 e. The van der Waals surface area contributed by atoms with Crippen molar-refractivity contribution in [3.63, 3.8) is 0 Å². The summed E-state index contributed by atoms with van der Waals surface area (Å²) < 4.78 is 5.42. The van der Waals surface area contributed by atoms with Gasteiger partial charge in [0, 0.05) is 48.6 Å². The number of nitrogens with one attached hydrogen (secondary N) is 2. The normalized spacial score (nSPS) is 22.4. The van der Waals surface area contributed by atoms with Crippen LogP contribution in [0.25, 0.3) is 0 Å². The summed E-state index contributed by atoms with van der Waals surface area (Å²) in [4.78, 5) is 18.8. The third kappa shape index (κ3) is 5.40. The lowest BCUT2D eigenvalue weighted by atomic mass is 9.79. The monoisotopic (exact) mass is 506 g/mol. The number of aliphatic imine (C=N–C) groups is 1. The van der Waals surface area contributed by atoms with Crippen LogP contribution in [-0.2, 0) is 11.3 Å². The van der Waals surface area contributed by atoms with Crippen molar-refractivity contribution < 1.29 is 9.53 Å². The number of amides is 1. The van der Waals surface area contributed by atoms with Crippen molar-refractivity contribution in [3.8, 4) is 5.75 Å². The molecule has 2 heterocycles. The van der Waals surface area contributed by atoms with Crippen molar-refractivity contribution in [3.05, 3.63) is 28.8 Å². The zero-order chi connectivity index (χ0) is 18.6. The van der Waals surface area contributed by atoms with Crippen LogP contribution in [0, 0.1) is 5.41 Å². The third-order valence-electron chi connectivity index (χ3n) is 5.13. The standard InChI is InChI=1S/C19H27ClN4O2.HI/c1-3-21-18(22-11-14-9-15(20)5-6-16(14)26-2)24-8-4-7-19(13-24)10-17(25)23-12-19;/h5-6,9H,3-4,7-8,10-13H2,1-2H3,(H,21,22)(H,23,25);1H. The second kappa shape index (κ2) is 9.82. The van der Waals surface area contributed by atoms with Crippen molar-refractivity contribution in [2.45, 2.75) is 32.7 Å². The van der Waals surface area contributed by atoms with Gasteiger partial charge in [-0.05, 0) is 38.0 Å². The lowest BCUT2D eigenvalue weighted by Crippen LogP contribution is -2.51. The van der Waals surface area contributed by atoms with Gasteiger partial charge in [0.25, 0.3) is 0 Å². The lowest BCUT2D eigenvalue weighted by Gasteiger charge is -2.40. The summed E-state index contributed by atoms with van der Waals surface area (Å²) in [7, 11) is 1.65. The third-order valence-corrected chi connectivity index (χ3v) is 5.37. The van der Waals surface area contributed by atoms with E-state index in [0.29, 0.717) is 18.0 Å². The van der Waals surface area contributed by atoms with Gasteiger partial charge in [-0.15, -0.1) is 24.0 Å². The Balaban J connectivity index is 0.00000261. The number of hydrogen-bond acceptors (Lipinski definition) is 3. The first kappa shape index (κ1) is 22.1. The minimum absolute atomic E-state index is 0. The number of guanidine groups is 1. The molecule has 0 aliphatic carbocycles. The SMILES string of the molecule is CCNC(=NCc1cc(Cl)ccc1OC)N1CCCC2(CNC(=O)C2)C1.I. The Kier molecular flexibility index (Phi) is 8.03. The summed E-state index contributed by atoms with van der Waals surface area (Å²) in [5, 5.41) is 7.06. The Morgan fingerprint density at radius 1 is 1.48 bits per heavy atom. The fourth-order valence-corrected chi connectivity index (χ4v) is 4.08. The van der Waals surface area contributed by atoms with E-state index in [0.717, 1.165) is 56.3 Å². The van der Waals surface area contributed by atoms with Crippen molar-refractivity contribution >= 4 is 47.4 Å². The number of carbonyl (C=O) groups excluding carboxylic acids is 1. The highest BCUT2D eigenvalue weighted by molar-refractivity contribution is 14.0. The molecule has 2 aliphatic rings. The van der Waals surface area contributed by atoms with Crippen molar-refractivity contribution in [2.24, 2.45) is 10.4 Å². The van der Waals surface area contributed by atoms with Gasteiger partial charge in [-0.2, -0.15) is 0 Å². The average molecular weight is 507 g/mol. The fourth-order valence-electron chi connectivity index (χ4n) is 3.89. The fraction of sp³-hybridized carbons (Fsp3) is 0.579. The van der Waals surface area contributed by atoms with Crippen LogP contribution in [0.2, 0.25) is 5.02 Å². The first-order valence-corrected chi connectivity index (χ1v) is 9.55. The minimum Gasteiger partial charge on any atom is -0.496 e. The Bertz CT molecular complexity index is 700. The van der Waals surface area contributed by atoms with Crippen LogP contribution in [0.15, 0.2) is 23.2 Å². The molecule has 1 aromatic rings. The molecule has 1 unspecified atom stereocenters. The van der Waals surface area contributed by atoms with E-state index in [-0.39, 0.29) is 35.3 Å². The van der Waals surface area contributed by atoms with E-state index in [1.807, 2.05) is 18.2 Å². The zero-order valence-corrected chi connectivity index (χ0v) is 19.0. The van der Waals surface area contributed by atoms with Gasteiger partial charge in [-0.3, -0.25) is 4.79 Å². The highest BCUT2D eigenvalue weighted by Gasteiger charge is 2.42. The summed E-state index contributed by atoms with van der Waals surface area (Å²) in [6.45, 7) is 5.93. The molecule has 6 nitrogen and oxygen atoms in total. The second-order valence-corrected chi connectivity index (χ2v) is 7.54. The number of hydrogen-bond donors (Lipinski definition) is 2. The van der Waals surface area contributed by atoms with Crippen molar-refractivity contribution in [1.82, 2.24) is 15.5 Å². The van der Waals surface area contributed by atoms with E-state index in [1.165, 1.54) is 0 Å². The zero-order valence-electron chi connectivity index (χ0n) is 15.9. The maximum atomic E-state index is 11.7. The molecule has 3 rings (SSSR count). The first-order chi connectivity index (χ1) is 12.5. The Morgan fingerprint density at radius 3 is 2.96 bits per heavy atom. The number of benzene rings is 1. The van der Waals surface area contributed by atoms with Crippen molar-refractivity contribution in [1.29, 1.82) is 0 Å². The molecule has 2 fully saturated rings. The van der Waals surface area contributed by atoms with Crippen LogP contribution in [0.1, 0.15) is 31.7 Å². The van der Waals surface area contributed by atoms with E-state index in [2.05, 4.69) is 22.5 Å². The van der Waals surface area contributed by atoms with Gasteiger partial charge >= 0.3 is 0 Å². The van der Waals surface area contributed by atoms with Gasteiger partial charge in [-0.1, -0.05) is 11.6 Å². The van der Waals surface area contributed by atoms with Gasteiger partial charge in [0.05, 0.1) is 13.7 Å². The van der Waals surface area contributed by atoms with E-state index >= 15 is 0 Å². The van der Waals surface area contributed by atoms with Gasteiger partial charge < -0.3 is 20.3 Å². The molecule has 1 atom stereocenters. The van der Waals surface area contributed by atoms with Gasteiger partial charge in [0.1, 0.15) is 5.75 Å². The Hall–Kier alpha value is -1.22. The van der Waals surface area contributed by atoms with Crippen LogP contribution >= 0.6 is 35.6 Å². The molecule has 0 saturated carbocycles. The number of ether oxygens (including phenoxy) is 1. The highest BCUT2D eigenvalue weighted by atomic mass is 127. The molecule has 0 radical (unpaired) electrons. The summed E-state index contributed by atoms with van der Waals surface area (Å²) in [5.41, 5.74) is 0.999. The molecular formula is C19H28ClIN4O2. The summed E-state index contributed by atoms with van der Waals surface area (Å²) >= 11 is 6.13. The number of nitrogens with zero attached hydrogens (tertiary/aromatic N) is 2. The molecule has 0 aromatic heterocycles. The molecule has 2 aliphatic heterocycles. The number of rotatable bonds is 4. The van der Waals surface area contributed by atoms with E-state index in [4.69, 9.17) is 21.3 Å². The highest BCUT2D eigenvalue weighted by Crippen LogP contribution is 2.36. The van der Waals surface area contributed by atoms with Crippen LogP contribution < -0.4 is 15.4 Å². The molecule has 1 spiro atoms. The largest absolute Gasteiger partial charge is 0.496 e. The van der Waals surface area contributed by atoms with Crippen molar-refractivity contribution in [2.75, 3.05) is 33.3 Å². The van der Waals surface area contributed by atoms with Crippen LogP contribution in [0.4, 0.5) is 0 Å². The number of piperidine rings is 1. The van der Waals surface area contributed by atoms with E-state index in [9.17, 15) is 4.79 Å². The Labute approximate surface area is 183 Å². The lowest BCUT2D eigenvalue weighted by molar-refractivity contribution is -0.119. The molecule has 2 N–H and O–H groups in total. The van der Waals surface area contributed by atoms with E-state index in [1.54, 1.807) is 7.11 Å². The summed E-state index contributed by atoms with van der Waals surface area (Å²) in [5.74, 6) is 1.83. The number of halogens is 2. The van der Waals surface area contributed by atoms with Crippen LogP contribution in [0.5, 0.6) is 5.75 Å². The van der Waals surface area contributed by atoms with Gasteiger partial charge in [-0.25, -0.2) is 4.99 Å². The van der Waals surface area contributed by atoms with Gasteiger partial charge in [0.15, 0.2) is 5.96 Å². The molecule has 1 amide bonds. The maximum absolute atomic E-state index is 11.7. The molecule has 27 heavy (non-hydrogen) atoms. The molecular weight excluding hydrogens is 479 g/mol. The number of methoxy groups -OCH3 is 1. The molecule has 150 valence electrons. The first-order valence-electron chi connectivity index (χ1n) is 9.17.